The monoisotopic (exact) mass is 305 g/mol. The van der Waals surface area contributed by atoms with E-state index >= 15 is 0 Å². The minimum absolute atomic E-state index is 0.0676. The van der Waals surface area contributed by atoms with Crippen molar-refractivity contribution in [2.45, 2.75) is 12.8 Å². The molecule has 0 saturated heterocycles. The Morgan fingerprint density at radius 1 is 1.14 bits per heavy atom. The van der Waals surface area contributed by atoms with E-state index in [0.717, 1.165) is 0 Å². The number of carbonyl (C=O) groups is 1. The highest BCUT2D eigenvalue weighted by Gasteiger charge is 2.08. The summed E-state index contributed by atoms with van der Waals surface area (Å²) in [6, 6.07) is 10.8. The molecule has 0 aliphatic rings. The summed E-state index contributed by atoms with van der Waals surface area (Å²) < 4.78 is 31.7. The summed E-state index contributed by atoms with van der Waals surface area (Å²) in [5, 5.41) is 2.70. The van der Waals surface area contributed by atoms with Gasteiger partial charge in [0.05, 0.1) is 13.5 Å². The fourth-order valence-corrected chi connectivity index (χ4v) is 2.11. The van der Waals surface area contributed by atoms with E-state index in [1.807, 2.05) is 0 Å². The summed E-state index contributed by atoms with van der Waals surface area (Å²) in [6.45, 7) is 0.332. The minimum Gasteiger partial charge on any atom is -0.494 e. The summed E-state index contributed by atoms with van der Waals surface area (Å²) in [7, 11) is 1.38. The van der Waals surface area contributed by atoms with E-state index < -0.39 is 5.82 Å². The zero-order valence-corrected chi connectivity index (χ0v) is 12.2. The summed E-state index contributed by atoms with van der Waals surface area (Å²) >= 11 is 0. The maximum atomic E-state index is 13.5. The van der Waals surface area contributed by atoms with Crippen LogP contribution in [0, 0.1) is 11.6 Å². The molecular formula is C17H17F2NO2. The van der Waals surface area contributed by atoms with Gasteiger partial charge in [-0.3, -0.25) is 4.79 Å². The number of methoxy groups -OCH3 is 1. The molecule has 1 amide bonds. The molecule has 5 heteroatoms. The number of rotatable bonds is 6. The first-order valence-electron chi connectivity index (χ1n) is 6.92. The molecule has 2 rings (SSSR count). The lowest BCUT2D eigenvalue weighted by molar-refractivity contribution is -0.120. The van der Waals surface area contributed by atoms with Gasteiger partial charge in [0.1, 0.15) is 5.82 Å². The molecule has 0 fully saturated rings. The van der Waals surface area contributed by atoms with Crippen LogP contribution in [0.5, 0.6) is 5.75 Å². The molecule has 0 aromatic heterocycles. The molecule has 2 aromatic rings. The number of ether oxygens (including phenoxy) is 1. The van der Waals surface area contributed by atoms with Crippen LogP contribution in [0.4, 0.5) is 8.78 Å². The highest BCUT2D eigenvalue weighted by molar-refractivity contribution is 5.78. The number of hydrogen-bond acceptors (Lipinski definition) is 2. The van der Waals surface area contributed by atoms with E-state index in [-0.39, 0.29) is 23.9 Å². The molecule has 3 nitrogen and oxygen atoms in total. The van der Waals surface area contributed by atoms with Gasteiger partial charge >= 0.3 is 0 Å². The van der Waals surface area contributed by atoms with E-state index in [9.17, 15) is 13.6 Å². The zero-order valence-electron chi connectivity index (χ0n) is 12.2. The van der Waals surface area contributed by atoms with Gasteiger partial charge in [0.2, 0.25) is 5.91 Å². The van der Waals surface area contributed by atoms with Gasteiger partial charge in [0.25, 0.3) is 0 Å². The quantitative estimate of drug-likeness (QED) is 0.891. The van der Waals surface area contributed by atoms with Gasteiger partial charge in [-0.05, 0) is 35.7 Å². The smallest absolute Gasteiger partial charge is 0.224 e. The van der Waals surface area contributed by atoms with Crippen molar-refractivity contribution < 1.29 is 18.3 Å². The molecule has 0 heterocycles. The predicted octanol–water partition coefficient (Wildman–Crippen LogP) is 2.87. The number of halogens is 2. The molecule has 0 aliphatic carbocycles. The molecule has 0 bridgehead atoms. The SMILES string of the molecule is COc1ccc(CC(=O)NCCc2ccccc2F)cc1F. The predicted molar refractivity (Wildman–Crippen MR) is 79.8 cm³/mol. The Morgan fingerprint density at radius 3 is 2.59 bits per heavy atom. The average molecular weight is 305 g/mol. The number of amides is 1. The summed E-state index contributed by atoms with van der Waals surface area (Å²) in [5.74, 6) is -0.877. The molecule has 0 radical (unpaired) electrons. The zero-order chi connectivity index (χ0) is 15.9. The first kappa shape index (κ1) is 15.9. The van der Waals surface area contributed by atoms with Crippen molar-refractivity contribution in [3.05, 3.63) is 65.2 Å². The Bertz CT molecular complexity index is 659. The Kier molecular flexibility index (Phi) is 5.47. The third-order valence-electron chi connectivity index (χ3n) is 3.26. The van der Waals surface area contributed by atoms with E-state index in [1.165, 1.54) is 25.3 Å². The Labute approximate surface area is 127 Å². The van der Waals surface area contributed by atoms with Crippen LogP contribution >= 0.6 is 0 Å². The molecule has 2 aromatic carbocycles. The Hall–Kier alpha value is -2.43. The van der Waals surface area contributed by atoms with Crippen LogP contribution < -0.4 is 10.1 Å². The lowest BCUT2D eigenvalue weighted by atomic mass is 10.1. The lowest BCUT2D eigenvalue weighted by Crippen LogP contribution is -2.27. The van der Waals surface area contributed by atoms with Crippen LogP contribution in [0.2, 0.25) is 0 Å². The fraction of sp³-hybridized carbons (Fsp3) is 0.235. The molecule has 0 spiro atoms. The summed E-state index contributed by atoms with van der Waals surface area (Å²) in [5.41, 5.74) is 1.11. The van der Waals surface area contributed by atoms with Gasteiger partial charge in [-0.15, -0.1) is 0 Å². The summed E-state index contributed by atoms with van der Waals surface area (Å²) in [4.78, 5) is 11.8. The average Bonchev–Trinajstić information content (AvgIpc) is 2.49. The fourth-order valence-electron chi connectivity index (χ4n) is 2.11. The maximum absolute atomic E-state index is 13.5. The highest BCUT2D eigenvalue weighted by Crippen LogP contribution is 2.17. The number of carbonyl (C=O) groups excluding carboxylic acids is 1. The van der Waals surface area contributed by atoms with Crippen molar-refractivity contribution in [2.24, 2.45) is 0 Å². The van der Waals surface area contributed by atoms with Crippen molar-refractivity contribution >= 4 is 5.91 Å². The van der Waals surface area contributed by atoms with Gasteiger partial charge in [-0.2, -0.15) is 0 Å². The molecule has 116 valence electrons. The summed E-state index contributed by atoms with van der Waals surface area (Å²) in [6.07, 6.45) is 0.480. The van der Waals surface area contributed by atoms with E-state index in [1.54, 1.807) is 24.3 Å². The topological polar surface area (TPSA) is 38.3 Å². The standard InChI is InChI=1S/C17H17F2NO2/c1-22-16-7-6-12(10-15(16)19)11-17(21)20-9-8-13-4-2-3-5-14(13)18/h2-7,10H,8-9,11H2,1H3,(H,20,21). The largest absolute Gasteiger partial charge is 0.494 e. The maximum Gasteiger partial charge on any atom is 0.224 e. The number of nitrogens with one attached hydrogen (secondary N) is 1. The Balaban J connectivity index is 1.83. The second-order valence-electron chi connectivity index (χ2n) is 4.84. The molecule has 1 N–H and O–H groups in total. The second-order valence-corrected chi connectivity index (χ2v) is 4.84. The van der Waals surface area contributed by atoms with E-state index in [4.69, 9.17) is 4.74 Å². The van der Waals surface area contributed by atoms with Gasteiger partial charge in [-0.1, -0.05) is 24.3 Å². The van der Waals surface area contributed by atoms with Gasteiger partial charge in [-0.25, -0.2) is 8.78 Å². The normalized spacial score (nSPS) is 10.3. The lowest BCUT2D eigenvalue weighted by Gasteiger charge is -2.07. The molecular weight excluding hydrogens is 288 g/mol. The van der Waals surface area contributed by atoms with Crippen LogP contribution in [0.15, 0.2) is 42.5 Å². The van der Waals surface area contributed by atoms with Crippen LogP contribution in [0.1, 0.15) is 11.1 Å². The first-order valence-corrected chi connectivity index (χ1v) is 6.92. The molecule has 0 unspecified atom stereocenters. The molecule has 0 saturated carbocycles. The van der Waals surface area contributed by atoms with Crippen LogP contribution in [0.3, 0.4) is 0 Å². The third kappa shape index (κ3) is 4.28. The number of hydrogen-bond donors (Lipinski definition) is 1. The number of benzene rings is 2. The van der Waals surface area contributed by atoms with Crippen molar-refractivity contribution in [1.82, 2.24) is 5.32 Å². The van der Waals surface area contributed by atoms with Crippen molar-refractivity contribution in [3.63, 3.8) is 0 Å². The molecule has 0 aliphatic heterocycles. The molecule has 0 atom stereocenters. The van der Waals surface area contributed by atoms with E-state index in [2.05, 4.69) is 5.32 Å². The van der Waals surface area contributed by atoms with Gasteiger partial charge < -0.3 is 10.1 Å². The minimum atomic E-state index is -0.501. The van der Waals surface area contributed by atoms with Gasteiger partial charge in [0, 0.05) is 6.54 Å². The first-order chi connectivity index (χ1) is 10.6. The van der Waals surface area contributed by atoms with Crippen LogP contribution in [-0.2, 0) is 17.6 Å². The third-order valence-corrected chi connectivity index (χ3v) is 3.26. The van der Waals surface area contributed by atoms with E-state index in [0.29, 0.717) is 24.1 Å². The molecule has 22 heavy (non-hydrogen) atoms. The highest BCUT2D eigenvalue weighted by atomic mass is 19.1. The second kappa shape index (κ2) is 7.54. The van der Waals surface area contributed by atoms with Crippen LogP contribution in [0.25, 0.3) is 0 Å². The van der Waals surface area contributed by atoms with Crippen LogP contribution in [-0.4, -0.2) is 19.6 Å². The van der Waals surface area contributed by atoms with Crippen molar-refractivity contribution in [3.8, 4) is 5.75 Å². The van der Waals surface area contributed by atoms with Crippen molar-refractivity contribution in [1.29, 1.82) is 0 Å². The van der Waals surface area contributed by atoms with Crippen molar-refractivity contribution in [2.75, 3.05) is 13.7 Å². The Morgan fingerprint density at radius 2 is 1.91 bits per heavy atom. The van der Waals surface area contributed by atoms with Gasteiger partial charge in [0.15, 0.2) is 11.6 Å².